The van der Waals surface area contributed by atoms with Crippen LogP contribution in [0.3, 0.4) is 0 Å². The number of carbonyl (C=O) groups is 1. The van der Waals surface area contributed by atoms with E-state index < -0.39 is 0 Å². The minimum absolute atomic E-state index is 0.0706. The zero-order valence-electron chi connectivity index (χ0n) is 17.9. The maximum absolute atomic E-state index is 13.6. The normalized spacial score (nSPS) is 16.3. The van der Waals surface area contributed by atoms with Crippen molar-refractivity contribution in [2.24, 2.45) is 0 Å². The van der Waals surface area contributed by atoms with E-state index in [1.54, 1.807) is 11.3 Å². The molecule has 0 N–H and O–H groups in total. The molecule has 5 rings (SSSR count). The Morgan fingerprint density at radius 2 is 1.90 bits per heavy atom. The van der Waals surface area contributed by atoms with Gasteiger partial charge in [-0.2, -0.15) is 0 Å². The molecule has 1 unspecified atom stereocenters. The van der Waals surface area contributed by atoms with Crippen LogP contribution in [0.25, 0.3) is 21.0 Å². The molecular formula is C26H26N2O2S. The van der Waals surface area contributed by atoms with E-state index in [9.17, 15) is 4.79 Å². The number of thiazole rings is 1. The highest BCUT2D eigenvalue weighted by atomic mass is 32.1. The molecule has 31 heavy (non-hydrogen) atoms. The fourth-order valence-electron chi connectivity index (χ4n) is 4.35. The minimum Gasteiger partial charge on any atom is -0.376 e. The number of benzene rings is 3. The van der Waals surface area contributed by atoms with Crippen molar-refractivity contribution in [1.82, 2.24) is 4.98 Å². The third-order valence-corrected chi connectivity index (χ3v) is 7.31. The van der Waals surface area contributed by atoms with Crippen LogP contribution in [0.5, 0.6) is 0 Å². The van der Waals surface area contributed by atoms with E-state index >= 15 is 0 Å². The lowest BCUT2D eigenvalue weighted by Crippen LogP contribution is -2.38. The summed E-state index contributed by atoms with van der Waals surface area (Å²) in [4.78, 5) is 20.4. The SMILES string of the molecule is Cc1ccc(C)c2sc(N(CC3CCCO3)C(=O)Cc3cccc4ccccc34)nc12. The maximum Gasteiger partial charge on any atom is 0.233 e. The number of fused-ring (bicyclic) bond motifs is 2. The van der Waals surface area contributed by atoms with Crippen LogP contribution >= 0.6 is 11.3 Å². The summed E-state index contributed by atoms with van der Waals surface area (Å²) >= 11 is 1.61. The molecule has 0 bridgehead atoms. The minimum atomic E-state index is 0.0706. The molecule has 0 saturated carbocycles. The van der Waals surface area contributed by atoms with Gasteiger partial charge >= 0.3 is 0 Å². The predicted molar refractivity (Wildman–Crippen MR) is 128 cm³/mol. The number of aryl methyl sites for hydroxylation is 2. The molecule has 1 aliphatic rings. The Morgan fingerprint density at radius 3 is 2.71 bits per heavy atom. The van der Waals surface area contributed by atoms with Gasteiger partial charge in [-0.25, -0.2) is 4.98 Å². The Bertz CT molecular complexity index is 1210. The molecule has 1 saturated heterocycles. The number of anilines is 1. The number of ether oxygens (including phenoxy) is 1. The van der Waals surface area contributed by atoms with Gasteiger partial charge < -0.3 is 4.74 Å². The van der Waals surface area contributed by atoms with E-state index in [-0.39, 0.29) is 12.0 Å². The Balaban J connectivity index is 1.52. The lowest BCUT2D eigenvalue weighted by Gasteiger charge is -2.23. The lowest BCUT2D eigenvalue weighted by molar-refractivity contribution is -0.118. The van der Waals surface area contributed by atoms with E-state index in [1.807, 2.05) is 23.1 Å². The molecule has 0 radical (unpaired) electrons. The Hall–Kier alpha value is -2.76. The van der Waals surface area contributed by atoms with E-state index in [2.05, 4.69) is 50.2 Å². The van der Waals surface area contributed by atoms with E-state index in [0.29, 0.717) is 13.0 Å². The van der Waals surface area contributed by atoms with Crippen LogP contribution in [-0.2, 0) is 16.0 Å². The van der Waals surface area contributed by atoms with Gasteiger partial charge in [0.25, 0.3) is 0 Å². The number of rotatable bonds is 5. The zero-order valence-corrected chi connectivity index (χ0v) is 18.7. The van der Waals surface area contributed by atoms with Gasteiger partial charge in [-0.1, -0.05) is 65.9 Å². The number of nitrogens with zero attached hydrogens (tertiary/aromatic N) is 2. The Labute approximate surface area is 186 Å². The third kappa shape index (κ3) is 3.95. The topological polar surface area (TPSA) is 42.4 Å². The van der Waals surface area contributed by atoms with Gasteiger partial charge in [-0.3, -0.25) is 9.69 Å². The predicted octanol–water partition coefficient (Wildman–Crippen LogP) is 5.82. The summed E-state index contributed by atoms with van der Waals surface area (Å²) in [5.74, 6) is 0.0706. The van der Waals surface area contributed by atoms with Gasteiger partial charge in [-0.15, -0.1) is 0 Å². The highest BCUT2D eigenvalue weighted by molar-refractivity contribution is 7.22. The molecule has 5 heteroatoms. The summed E-state index contributed by atoms with van der Waals surface area (Å²) in [7, 11) is 0. The van der Waals surface area contributed by atoms with Gasteiger partial charge in [0.15, 0.2) is 5.13 Å². The van der Waals surface area contributed by atoms with Crippen LogP contribution in [-0.4, -0.2) is 30.1 Å². The highest BCUT2D eigenvalue weighted by Gasteiger charge is 2.27. The van der Waals surface area contributed by atoms with E-state index in [4.69, 9.17) is 9.72 Å². The largest absolute Gasteiger partial charge is 0.376 e. The van der Waals surface area contributed by atoms with Crippen molar-refractivity contribution in [2.75, 3.05) is 18.1 Å². The molecule has 1 amide bonds. The monoisotopic (exact) mass is 430 g/mol. The second-order valence-corrected chi connectivity index (χ2v) is 9.31. The molecule has 4 aromatic rings. The van der Waals surface area contributed by atoms with Gasteiger partial charge in [0, 0.05) is 6.61 Å². The first-order valence-electron chi connectivity index (χ1n) is 10.9. The van der Waals surface area contributed by atoms with Crippen LogP contribution in [0, 0.1) is 13.8 Å². The van der Waals surface area contributed by atoms with Gasteiger partial charge in [0.2, 0.25) is 5.91 Å². The molecule has 1 atom stereocenters. The number of amides is 1. The maximum atomic E-state index is 13.6. The fourth-order valence-corrected chi connectivity index (χ4v) is 5.49. The van der Waals surface area contributed by atoms with Crippen LogP contribution in [0.2, 0.25) is 0 Å². The zero-order chi connectivity index (χ0) is 21.4. The van der Waals surface area contributed by atoms with Crippen molar-refractivity contribution in [3.8, 4) is 0 Å². The van der Waals surface area contributed by atoms with Gasteiger partial charge in [0.1, 0.15) is 0 Å². The second-order valence-electron chi connectivity index (χ2n) is 8.33. The molecule has 1 aromatic heterocycles. The number of aromatic nitrogens is 1. The first-order chi connectivity index (χ1) is 15.1. The van der Waals surface area contributed by atoms with Gasteiger partial charge in [-0.05, 0) is 54.2 Å². The quantitative estimate of drug-likeness (QED) is 0.401. The average Bonchev–Trinajstić information content (AvgIpc) is 3.45. The summed E-state index contributed by atoms with van der Waals surface area (Å²) < 4.78 is 7.04. The molecule has 3 aromatic carbocycles. The summed E-state index contributed by atoms with van der Waals surface area (Å²) in [5.41, 5.74) is 4.38. The van der Waals surface area contributed by atoms with Crippen molar-refractivity contribution < 1.29 is 9.53 Å². The van der Waals surface area contributed by atoms with Crippen molar-refractivity contribution >= 4 is 43.4 Å². The van der Waals surface area contributed by atoms with Crippen molar-refractivity contribution in [3.05, 3.63) is 71.3 Å². The number of carbonyl (C=O) groups excluding carboxylic acids is 1. The van der Waals surface area contributed by atoms with Crippen molar-refractivity contribution in [1.29, 1.82) is 0 Å². The second kappa shape index (κ2) is 8.40. The summed E-state index contributed by atoms with van der Waals surface area (Å²) in [6.07, 6.45) is 2.46. The first kappa shape index (κ1) is 20.2. The smallest absolute Gasteiger partial charge is 0.233 e. The van der Waals surface area contributed by atoms with Crippen LogP contribution in [0.4, 0.5) is 5.13 Å². The molecule has 1 fully saturated rings. The fraction of sp³-hybridized carbons (Fsp3) is 0.308. The van der Waals surface area contributed by atoms with Gasteiger partial charge in [0.05, 0.1) is 29.3 Å². The Kier molecular flexibility index (Phi) is 5.47. The Morgan fingerprint density at radius 1 is 1.10 bits per heavy atom. The average molecular weight is 431 g/mol. The van der Waals surface area contributed by atoms with E-state index in [0.717, 1.165) is 56.7 Å². The molecule has 1 aliphatic heterocycles. The van der Waals surface area contributed by atoms with Crippen LogP contribution in [0.1, 0.15) is 29.5 Å². The van der Waals surface area contributed by atoms with E-state index in [1.165, 1.54) is 5.56 Å². The molecule has 158 valence electrons. The highest BCUT2D eigenvalue weighted by Crippen LogP contribution is 2.34. The standard InChI is InChI=1S/C26H26N2O2S/c1-17-12-13-18(2)25-24(17)27-26(31-25)28(16-21-10-6-14-30-21)23(29)15-20-9-5-8-19-7-3-4-11-22(19)20/h3-5,7-9,11-13,21H,6,10,14-16H2,1-2H3. The molecular weight excluding hydrogens is 404 g/mol. The van der Waals surface area contributed by atoms with Crippen molar-refractivity contribution in [2.45, 2.75) is 39.2 Å². The summed E-state index contributed by atoms with van der Waals surface area (Å²) in [5, 5.41) is 3.06. The summed E-state index contributed by atoms with van der Waals surface area (Å²) in [6.45, 7) is 5.51. The lowest BCUT2D eigenvalue weighted by atomic mass is 10.0. The third-order valence-electron chi connectivity index (χ3n) is 6.09. The van der Waals surface area contributed by atoms with Crippen LogP contribution < -0.4 is 4.90 Å². The first-order valence-corrected chi connectivity index (χ1v) is 11.7. The number of hydrogen-bond acceptors (Lipinski definition) is 4. The number of hydrogen-bond donors (Lipinski definition) is 0. The summed E-state index contributed by atoms with van der Waals surface area (Å²) in [6, 6.07) is 18.6. The van der Waals surface area contributed by atoms with Crippen LogP contribution in [0.15, 0.2) is 54.6 Å². The molecule has 4 nitrogen and oxygen atoms in total. The molecule has 0 aliphatic carbocycles. The molecule has 2 heterocycles. The molecule has 0 spiro atoms. The van der Waals surface area contributed by atoms with Crippen molar-refractivity contribution in [3.63, 3.8) is 0 Å².